The molecule has 1 saturated heterocycles. The number of amides is 1. The highest BCUT2D eigenvalue weighted by atomic mass is 19.4. The van der Waals surface area contributed by atoms with Crippen molar-refractivity contribution in [2.75, 3.05) is 37.6 Å². The van der Waals surface area contributed by atoms with Crippen molar-refractivity contribution in [1.29, 1.82) is 0 Å². The molecule has 190 valence electrons. The summed E-state index contributed by atoms with van der Waals surface area (Å²) in [5, 5.41) is 6.87. The van der Waals surface area contributed by atoms with Crippen LogP contribution >= 0.6 is 0 Å². The van der Waals surface area contributed by atoms with Crippen molar-refractivity contribution >= 4 is 11.6 Å². The number of hydrogen-bond donors (Lipinski definition) is 1. The molecule has 1 atom stereocenters. The van der Waals surface area contributed by atoms with E-state index in [1.807, 2.05) is 25.1 Å². The zero-order valence-corrected chi connectivity index (χ0v) is 20.1. The van der Waals surface area contributed by atoms with Crippen molar-refractivity contribution in [3.05, 3.63) is 87.8 Å². The van der Waals surface area contributed by atoms with Crippen LogP contribution in [0.25, 0.3) is 5.69 Å². The van der Waals surface area contributed by atoms with Crippen LogP contribution in [0.1, 0.15) is 28.7 Å². The van der Waals surface area contributed by atoms with Gasteiger partial charge in [0.25, 0.3) is 5.91 Å². The fourth-order valence-corrected chi connectivity index (χ4v) is 4.29. The molecule has 2 heterocycles. The molecule has 3 aromatic rings. The number of carbonyl (C=O) groups is 1. The predicted molar refractivity (Wildman–Crippen MR) is 132 cm³/mol. The van der Waals surface area contributed by atoms with Gasteiger partial charge in [0.1, 0.15) is 0 Å². The maximum atomic E-state index is 13.1. The van der Waals surface area contributed by atoms with Gasteiger partial charge in [-0.2, -0.15) is 18.3 Å². The van der Waals surface area contributed by atoms with Gasteiger partial charge in [-0.25, -0.2) is 4.68 Å². The van der Waals surface area contributed by atoms with Crippen LogP contribution < -0.4 is 15.6 Å². The van der Waals surface area contributed by atoms with Crippen LogP contribution in [0.4, 0.5) is 18.9 Å². The molecule has 4 rings (SSSR count). The minimum absolute atomic E-state index is 0.0306. The monoisotopic (exact) mass is 499 g/mol. The average molecular weight is 500 g/mol. The quantitative estimate of drug-likeness (QED) is 0.562. The highest BCUT2D eigenvalue weighted by molar-refractivity contribution is 5.92. The minimum atomic E-state index is -4.52. The summed E-state index contributed by atoms with van der Waals surface area (Å²) in [5.41, 5.74) is -0.175. The molecule has 1 aliphatic rings. The van der Waals surface area contributed by atoms with Crippen LogP contribution in [-0.4, -0.2) is 59.4 Å². The number of aromatic nitrogens is 2. The smallest absolute Gasteiger partial charge is 0.369 e. The van der Waals surface area contributed by atoms with E-state index in [0.717, 1.165) is 38.3 Å². The number of rotatable bonds is 6. The Bertz CT molecular complexity index is 1270. The van der Waals surface area contributed by atoms with Crippen LogP contribution in [0, 0.1) is 6.92 Å². The molecule has 1 aromatic heterocycles. The van der Waals surface area contributed by atoms with Crippen LogP contribution in [0.2, 0.25) is 0 Å². The Balaban J connectivity index is 1.41. The lowest BCUT2D eigenvalue weighted by Crippen LogP contribution is -2.52. The molecular weight excluding hydrogens is 471 g/mol. The molecule has 0 aliphatic carbocycles. The molecule has 10 heteroatoms. The third-order valence-electron chi connectivity index (χ3n) is 6.36. The van der Waals surface area contributed by atoms with Gasteiger partial charge in [-0.05, 0) is 44.2 Å². The first kappa shape index (κ1) is 25.4. The Hall–Kier alpha value is -3.66. The Morgan fingerprint density at radius 3 is 2.33 bits per heavy atom. The van der Waals surface area contributed by atoms with Gasteiger partial charge in [0.15, 0.2) is 5.69 Å². The lowest BCUT2D eigenvalue weighted by atomic mass is 10.2. The number of piperazine rings is 1. The topological polar surface area (TPSA) is 70.5 Å². The number of para-hydroxylation sites is 1. The van der Waals surface area contributed by atoms with Gasteiger partial charge in [-0.3, -0.25) is 14.5 Å². The van der Waals surface area contributed by atoms with Gasteiger partial charge < -0.3 is 10.2 Å². The van der Waals surface area contributed by atoms with Crippen molar-refractivity contribution in [2.45, 2.75) is 26.1 Å². The first-order valence-electron chi connectivity index (χ1n) is 11.7. The van der Waals surface area contributed by atoms with E-state index >= 15 is 0 Å². The van der Waals surface area contributed by atoms with Gasteiger partial charge in [-0.1, -0.05) is 24.3 Å². The van der Waals surface area contributed by atoms with Crippen LogP contribution in [-0.2, 0) is 6.18 Å². The van der Waals surface area contributed by atoms with E-state index in [1.54, 1.807) is 6.92 Å². The molecular formula is C26H28F3N5O2. The van der Waals surface area contributed by atoms with Gasteiger partial charge >= 0.3 is 6.18 Å². The first-order valence-corrected chi connectivity index (χ1v) is 11.7. The highest BCUT2D eigenvalue weighted by Gasteiger charge is 2.31. The molecule has 1 amide bonds. The van der Waals surface area contributed by atoms with Crippen molar-refractivity contribution in [2.24, 2.45) is 0 Å². The lowest BCUT2D eigenvalue weighted by molar-refractivity contribution is -0.137. The minimum Gasteiger partial charge on any atom is -0.369 e. The summed E-state index contributed by atoms with van der Waals surface area (Å²) < 4.78 is 40.6. The number of alkyl halides is 3. The number of benzene rings is 2. The van der Waals surface area contributed by atoms with Crippen molar-refractivity contribution in [3.63, 3.8) is 0 Å². The fraction of sp³-hybridized carbons (Fsp3) is 0.346. The largest absolute Gasteiger partial charge is 0.416 e. The molecule has 1 aliphatic heterocycles. The molecule has 36 heavy (non-hydrogen) atoms. The van der Waals surface area contributed by atoms with Gasteiger partial charge in [-0.15, -0.1) is 0 Å². The fourth-order valence-electron chi connectivity index (χ4n) is 4.29. The number of halogens is 3. The van der Waals surface area contributed by atoms with E-state index in [1.165, 1.54) is 28.6 Å². The summed E-state index contributed by atoms with van der Waals surface area (Å²) in [7, 11) is 0. The SMILES string of the molecule is Cc1cc(=O)c(C(=O)NCC(C)N2CCN(c3ccccc3)CC2)nn1-c1cccc(C(F)(F)F)c1. The zero-order chi connectivity index (χ0) is 25.9. The molecule has 0 radical (unpaired) electrons. The van der Waals surface area contributed by atoms with E-state index in [2.05, 4.69) is 32.3 Å². The van der Waals surface area contributed by atoms with Crippen molar-refractivity contribution in [1.82, 2.24) is 20.0 Å². The summed E-state index contributed by atoms with van der Waals surface area (Å²) in [6, 6.07) is 16.0. The Kier molecular flexibility index (Phi) is 7.44. The lowest BCUT2D eigenvalue weighted by Gasteiger charge is -2.39. The molecule has 0 bridgehead atoms. The molecule has 1 N–H and O–H groups in total. The normalized spacial score (nSPS) is 15.5. The van der Waals surface area contributed by atoms with Crippen LogP contribution in [0.3, 0.4) is 0 Å². The second kappa shape index (κ2) is 10.5. The Morgan fingerprint density at radius 1 is 1.00 bits per heavy atom. The third-order valence-corrected chi connectivity index (χ3v) is 6.36. The second-order valence-corrected chi connectivity index (χ2v) is 8.88. The van der Waals surface area contributed by atoms with Gasteiger partial charge in [0.2, 0.25) is 5.43 Å². The van der Waals surface area contributed by atoms with E-state index in [9.17, 15) is 22.8 Å². The second-order valence-electron chi connectivity index (χ2n) is 8.88. The highest BCUT2D eigenvalue weighted by Crippen LogP contribution is 2.30. The number of nitrogens with one attached hydrogen (secondary N) is 1. The standard InChI is InChI=1S/C26H28F3N5O2/c1-18-15-23(35)24(31-34(18)22-10-6-7-20(16-22)26(27,28)29)25(36)30-17-19(2)32-11-13-33(14-12-32)21-8-4-3-5-9-21/h3-10,15-16,19H,11-14,17H2,1-2H3,(H,30,36). The van der Waals surface area contributed by atoms with Crippen LogP contribution in [0.15, 0.2) is 65.5 Å². The maximum Gasteiger partial charge on any atom is 0.416 e. The number of anilines is 1. The summed E-state index contributed by atoms with van der Waals surface area (Å²) in [6.07, 6.45) is -4.52. The first-order chi connectivity index (χ1) is 17.1. The zero-order valence-electron chi connectivity index (χ0n) is 20.1. The van der Waals surface area contributed by atoms with Crippen molar-refractivity contribution < 1.29 is 18.0 Å². The van der Waals surface area contributed by atoms with E-state index in [4.69, 9.17) is 0 Å². The van der Waals surface area contributed by atoms with E-state index in [-0.39, 0.29) is 17.4 Å². The van der Waals surface area contributed by atoms with Crippen LogP contribution in [0.5, 0.6) is 0 Å². The number of carbonyl (C=O) groups excluding carboxylic acids is 1. The molecule has 0 spiro atoms. The summed E-state index contributed by atoms with van der Waals surface area (Å²) in [5.74, 6) is -0.657. The van der Waals surface area contributed by atoms with Crippen molar-refractivity contribution in [3.8, 4) is 5.69 Å². The number of hydrogen-bond acceptors (Lipinski definition) is 5. The van der Waals surface area contributed by atoms with E-state index < -0.39 is 23.1 Å². The van der Waals surface area contributed by atoms with Gasteiger partial charge in [0, 0.05) is 56.2 Å². The summed E-state index contributed by atoms with van der Waals surface area (Å²) in [6.45, 7) is 7.25. The average Bonchev–Trinajstić information content (AvgIpc) is 2.87. The molecule has 1 fully saturated rings. The Morgan fingerprint density at radius 2 is 1.67 bits per heavy atom. The number of nitrogens with zero attached hydrogens (tertiary/aromatic N) is 4. The van der Waals surface area contributed by atoms with E-state index in [0.29, 0.717) is 12.2 Å². The van der Waals surface area contributed by atoms with Gasteiger partial charge in [0.05, 0.1) is 11.3 Å². The molecule has 1 unspecified atom stereocenters. The Labute approximate surface area is 207 Å². The maximum absolute atomic E-state index is 13.1. The molecule has 2 aromatic carbocycles. The third kappa shape index (κ3) is 5.76. The molecule has 0 saturated carbocycles. The number of aryl methyl sites for hydroxylation is 1. The predicted octanol–water partition coefficient (Wildman–Crippen LogP) is 3.50. The summed E-state index contributed by atoms with van der Waals surface area (Å²) >= 11 is 0. The molecule has 7 nitrogen and oxygen atoms in total. The summed E-state index contributed by atoms with van der Waals surface area (Å²) in [4.78, 5) is 29.9.